The number of fused-ring (bicyclic) bond motifs is 2. The number of anilines is 2. The van der Waals surface area contributed by atoms with Gasteiger partial charge in [0.15, 0.2) is 0 Å². The van der Waals surface area contributed by atoms with Gasteiger partial charge in [-0.15, -0.1) is 0 Å². The van der Waals surface area contributed by atoms with Gasteiger partial charge in [-0.2, -0.15) is 0 Å². The third-order valence-electron chi connectivity index (χ3n) is 11.7. The van der Waals surface area contributed by atoms with Gasteiger partial charge in [-0.25, -0.2) is 4.98 Å². The Bertz CT molecular complexity index is 3040. The predicted octanol–water partition coefficient (Wildman–Crippen LogP) is 15.1. The van der Waals surface area contributed by atoms with Crippen molar-refractivity contribution < 1.29 is 0 Å². The summed E-state index contributed by atoms with van der Waals surface area (Å²) >= 11 is 0. The molecule has 0 aliphatic heterocycles. The van der Waals surface area contributed by atoms with Crippen LogP contribution in [0.1, 0.15) is 42.0 Å². The molecule has 1 aliphatic carbocycles. The molecular formula is C58H48N4. The highest BCUT2D eigenvalue weighted by molar-refractivity contribution is 6.12. The molecule has 0 spiro atoms. The fourth-order valence-corrected chi connectivity index (χ4v) is 8.76. The van der Waals surface area contributed by atoms with Gasteiger partial charge in [0.25, 0.3) is 0 Å². The molecule has 9 rings (SSSR count). The number of rotatable bonds is 11. The molecule has 0 saturated heterocycles. The molecule has 2 unspecified atom stereocenters. The summed E-state index contributed by atoms with van der Waals surface area (Å²) in [5.41, 5.74) is 11.9. The SMILES string of the molecule is CC=C/C(=C\C=C\n1c(-c2ccccc2)nc2ccccc21)c1ccc(C2C=CC=CC2C(=CC)c2ccc(N(C(=N)c3ccccc3)c3ccccc3)cc2)c2ccccc12. The van der Waals surface area contributed by atoms with E-state index in [0.29, 0.717) is 5.84 Å². The van der Waals surface area contributed by atoms with E-state index in [-0.39, 0.29) is 11.8 Å². The third-order valence-corrected chi connectivity index (χ3v) is 11.7. The largest absolute Gasteiger partial charge is 0.299 e. The minimum absolute atomic E-state index is 0.121. The summed E-state index contributed by atoms with van der Waals surface area (Å²) in [6, 6.07) is 60.9. The van der Waals surface area contributed by atoms with Crippen LogP contribution in [0.4, 0.5) is 11.4 Å². The molecule has 62 heavy (non-hydrogen) atoms. The monoisotopic (exact) mass is 800 g/mol. The number of amidine groups is 1. The third kappa shape index (κ3) is 7.94. The van der Waals surface area contributed by atoms with Gasteiger partial charge in [0.2, 0.25) is 0 Å². The second-order valence-electron chi connectivity index (χ2n) is 15.4. The molecule has 8 aromatic rings. The average Bonchev–Trinajstić information content (AvgIpc) is 3.71. The smallest absolute Gasteiger partial charge is 0.145 e. The van der Waals surface area contributed by atoms with Crippen molar-refractivity contribution in [1.82, 2.24) is 9.55 Å². The number of aromatic nitrogens is 2. The molecule has 0 amide bonds. The Labute approximate surface area is 364 Å². The number of imidazole rings is 1. The zero-order valence-electron chi connectivity index (χ0n) is 35.0. The number of hydrogen-bond acceptors (Lipinski definition) is 2. The summed E-state index contributed by atoms with van der Waals surface area (Å²) < 4.78 is 2.18. The van der Waals surface area contributed by atoms with E-state index < -0.39 is 0 Å². The first-order valence-corrected chi connectivity index (χ1v) is 21.3. The maximum absolute atomic E-state index is 9.26. The first-order chi connectivity index (χ1) is 30.6. The Morgan fingerprint density at radius 3 is 2.02 bits per heavy atom. The number of nitrogens with one attached hydrogen (secondary N) is 1. The van der Waals surface area contributed by atoms with Crippen LogP contribution in [0.5, 0.6) is 0 Å². The predicted molar refractivity (Wildman–Crippen MR) is 264 cm³/mol. The lowest BCUT2D eigenvalue weighted by molar-refractivity contribution is 0.720. The van der Waals surface area contributed by atoms with Crippen LogP contribution in [0, 0.1) is 11.3 Å². The molecule has 1 aliphatic rings. The molecule has 300 valence electrons. The van der Waals surface area contributed by atoms with Crippen LogP contribution in [0.2, 0.25) is 0 Å². The summed E-state index contributed by atoms with van der Waals surface area (Å²) in [5.74, 6) is 1.59. The molecule has 0 bridgehead atoms. The van der Waals surface area contributed by atoms with E-state index in [0.717, 1.165) is 50.5 Å². The highest BCUT2D eigenvalue weighted by Crippen LogP contribution is 2.43. The lowest BCUT2D eigenvalue weighted by Crippen LogP contribution is -2.26. The highest BCUT2D eigenvalue weighted by atomic mass is 15.2. The molecule has 1 heterocycles. The number of allylic oxidation sites excluding steroid dienone is 11. The van der Waals surface area contributed by atoms with Crippen molar-refractivity contribution in [3.8, 4) is 11.4 Å². The second-order valence-corrected chi connectivity index (χ2v) is 15.4. The molecule has 0 radical (unpaired) electrons. The van der Waals surface area contributed by atoms with Gasteiger partial charge in [0, 0.05) is 40.5 Å². The zero-order chi connectivity index (χ0) is 42.3. The van der Waals surface area contributed by atoms with Crippen molar-refractivity contribution in [2.45, 2.75) is 19.8 Å². The Morgan fingerprint density at radius 1 is 0.629 bits per heavy atom. The van der Waals surface area contributed by atoms with Gasteiger partial charge in [0.05, 0.1) is 11.0 Å². The Kier molecular flexibility index (Phi) is 11.6. The van der Waals surface area contributed by atoms with E-state index in [4.69, 9.17) is 4.98 Å². The van der Waals surface area contributed by atoms with Crippen molar-refractivity contribution in [2.24, 2.45) is 5.92 Å². The van der Waals surface area contributed by atoms with Gasteiger partial charge >= 0.3 is 0 Å². The van der Waals surface area contributed by atoms with Gasteiger partial charge < -0.3 is 0 Å². The van der Waals surface area contributed by atoms with E-state index in [2.05, 4.69) is 195 Å². The van der Waals surface area contributed by atoms with E-state index in [9.17, 15) is 5.41 Å². The molecule has 2 atom stereocenters. The summed E-state index contributed by atoms with van der Waals surface area (Å²) in [7, 11) is 0. The molecule has 1 aromatic heterocycles. The van der Waals surface area contributed by atoms with Crippen molar-refractivity contribution in [2.75, 3.05) is 4.90 Å². The summed E-state index contributed by atoms with van der Waals surface area (Å²) in [5, 5.41) is 11.7. The van der Waals surface area contributed by atoms with Crippen molar-refractivity contribution >= 4 is 56.4 Å². The molecule has 1 N–H and O–H groups in total. The topological polar surface area (TPSA) is 44.9 Å². The van der Waals surface area contributed by atoms with E-state index in [1.807, 2.05) is 65.6 Å². The fourth-order valence-electron chi connectivity index (χ4n) is 8.76. The average molecular weight is 801 g/mol. The van der Waals surface area contributed by atoms with Crippen molar-refractivity contribution in [3.05, 3.63) is 253 Å². The van der Waals surface area contributed by atoms with Crippen LogP contribution >= 0.6 is 0 Å². The van der Waals surface area contributed by atoms with Gasteiger partial charge in [0.1, 0.15) is 11.7 Å². The van der Waals surface area contributed by atoms with Crippen LogP contribution < -0.4 is 4.90 Å². The van der Waals surface area contributed by atoms with Gasteiger partial charge in [-0.3, -0.25) is 14.9 Å². The lowest BCUT2D eigenvalue weighted by Gasteiger charge is -2.30. The number of para-hydroxylation sites is 3. The maximum Gasteiger partial charge on any atom is 0.145 e. The van der Waals surface area contributed by atoms with E-state index in [1.54, 1.807) is 0 Å². The van der Waals surface area contributed by atoms with Crippen molar-refractivity contribution in [1.29, 1.82) is 5.41 Å². The summed E-state index contributed by atoms with van der Waals surface area (Å²) in [6.45, 7) is 4.22. The number of benzene rings is 7. The summed E-state index contributed by atoms with van der Waals surface area (Å²) in [4.78, 5) is 7.02. The van der Waals surface area contributed by atoms with Gasteiger partial charge in [-0.1, -0.05) is 188 Å². The van der Waals surface area contributed by atoms with Crippen LogP contribution in [0.15, 0.2) is 231 Å². The molecule has 0 saturated carbocycles. The maximum atomic E-state index is 9.26. The van der Waals surface area contributed by atoms with Crippen molar-refractivity contribution in [3.63, 3.8) is 0 Å². The minimum atomic E-state index is 0.121. The van der Waals surface area contributed by atoms with E-state index >= 15 is 0 Å². The first-order valence-electron chi connectivity index (χ1n) is 21.3. The van der Waals surface area contributed by atoms with Crippen LogP contribution in [0.3, 0.4) is 0 Å². The zero-order valence-corrected chi connectivity index (χ0v) is 35.0. The van der Waals surface area contributed by atoms with Gasteiger partial charge in [-0.05, 0) is 94.9 Å². The summed E-state index contributed by atoms with van der Waals surface area (Å²) in [6.07, 6.45) is 22.1. The van der Waals surface area contributed by atoms with E-state index in [1.165, 1.54) is 27.5 Å². The van der Waals surface area contributed by atoms with Crippen LogP contribution in [-0.4, -0.2) is 15.4 Å². The second kappa shape index (κ2) is 18.2. The molecule has 7 aromatic carbocycles. The first kappa shape index (κ1) is 39.6. The molecule has 4 nitrogen and oxygen atoms in total. The van der Waals surface area contributed by atoms with Crippen LogP contribution in [-0.2, 0) is 0 Å². The normalized spacial score (nSPS) is 15.6. The number of nitrogens with zero attached hydrogens (tertiary/aromatic N) is 3. The Morgan fingerprint density at radius 2 is 1.27 bits per heavy atom. The molecule has 4 heteroatoms. The standard InChI is InChI=1S/C58H48N4/c1-3-21-42(26-20-41-61-56-34-19-18-33-55(56)60-58(61)45-24-10-6-11-25-45)49-39-40-54(53-32-17-15-30-51(49)53)52-31-16-14-29-50(52)48(4-2)43-35-37-47(38-36-43)62(46-27-12-7-13-28-46)57(59)44-22-8-5-9-23-44/h3-41,50,52,59H,1-2H3/b21-3?,41-20+,42-26+,48-4?,59-57?. The minimum Gasteiger partial charge on any atom is -0.299 e. The lowest BCUT2D eigenvalue weighted by atomic mass is 9.75. The Hall–Kier alpha value is -7.82. The molecular weight excluding hydrogens is 753 g/mol. The Balaban J connectivity index is 1.04. The number of hydrogen-bond donors (Lipinski definition) is 1. The molecule has 0 fully saturated rings. The quantitative estimate of drug-likeness (QED) is 0.0804. The van der Waals surface area contributed by atoms with Crippen LogP contribution in [0.25, 0.3) is 50.5 Å². The highest BCUT2D eigenvalue weighted by Gasteiger charge is 2.27. The fraction of sp³-hybridized carbons (Fsp3) is 0.0690.